The van der Waals surface area contributed by atoms with Crippen molar-refractivity contribution in [2.24, 2.45) is 5.10 Å². The van der Waals surface area contributed by atoms with Gasteiger partial charge in [-0.25, -0.2) is 0 Å². The lowest BCUT2D eigenvalue weighted by Gasteiger charge is -2.27. The maximum absolute atomic E-state index is 5.88. The molecule has 0 atom stereocenters. The summed E-state index contributed by atoms with van der Waals surface area (Å²) in [6.45, 7) is 9.48. The van der Waals surface area contributed by atoms with E-state index in [1.165, 1.54) is 0 Å². The van der Waals surface area contributed by atoms with Gasteiger partial charge in [0.05, 0.1) is 38.3 Å². The highest BCUT2D eigenvalue weighted by atomic mass is 16.5. The minimum atomic E-state index is 0.307. The van der Waals surface area contributed by atoms with Crippen molar-refractivity contribution in [1.29, 1.82) is 0 Å². The summed E-state index contributed by atoms with van der Waals surface area (Å²) < 4.78 is 16.7. The number of morpholine rings is 2. The summed E-state index contributed by atoms with van der Waals surface area (Å²) in [6.07, 6.45) is 1.59. The first-order valence-corrected chi connectivity index (χ1v) is 10.6. The molecule has 2 aliphatic heterocycles. The average molecular weight is 428 g/mol. The van der Waals surface area contributed by atoms with Crippen LogP contribution in [0.4, 0.5) is 11.6 Å². The van der Waals surface area contributed by atoms with Crippen molar-refractivity contribution in [2.45, 2.75) is 6.92 Å². The SMILES string of the molecule is Cc1cccc(NN=Cc2nc(OCCN3CCOCC3)nc(N3CCOCC3)n2)c1. The first-order chi connectivity index (χ1) is 15.3. The van der Waals surface area contributed by atoms with E-state index in [1.54, 1.807) is 6.21 Å². The van der Waals surface area contributed by atoms with Crippen molar-refractivity contribution in [2.75, 3.05) is 76.1 Å². The molecule has 0 saturated carbocycles. The van der Waals surface area contributed by atoms with Crippen LogP contribution >= 0.6 is 0 Å². The van der Waals surface area contributed by atoms with Crippen LogP contribution in [0.3, 0.4) is 0 Å². The first-order valence-electron chi connectivity index (χ1n) is 10.6. The molecule has 2 fully saturated rings. The lowest BCUT2D eigenvalue weighted by atomic mass is 10.2. The molecule has 1 aromatic carbocycles. The van der Waals surface area contributed by atoms with E-state index in [4.69, 9.17) is 14.2 Å². The molecular formula is C21H29N7O3. The third kappa shape index (κ3) is 6.58. The molecule has 2 aliphatic rings. The third-order valence-electron chi connectivity index (χ3n) is 5.05. The van der Waals surface area contributed by atoms with Crippen LogP contribution in [0.1, 0.15) is 11.4 Å². The molecule has 0 spiro atoms. The normalized spacial score (nSPS) is 17.8. The van der Waals surface area contributed by atoms with Crippen LogP contribution in [0.2, 0.25) is 0 Å². The monoisotopic (exact) mass is 427 g/mol. The molecule has 0 amide bonds. The van der Waals surface area contributed by atoms with Gasteiger partial charge in [-0.15, -0.1) is 0 Å². The molecule has 0 radical (unpaired) electrons. The van der Waals surface area contributed by atoms with E-state index in [0.717, 1.165) is 57.2 Å². The number of rotatable bonds is 8. The fraction of sp³-hybridized carbons (Fsp3) is 0.524. The fourth-order valence-electron chi connectivity index (χ4n) is 3.36. The second-order valence-corrected chi connectivity index (χ2v) is 7.42. The number of anilines is 2. The second-order valence-electron chi connectivity index (χ2n) is 7.42. The summed E-state index contributed by atoms with van der Waals surface area (Å²) in [4.78, 5) is 17.9. The molecule has 31 heavy (non-hydrogen) atoms. The number of hydrogen-bond acceptors (Lipinski definition) is 10. The van der Waals surface area contributed by atoms with E-state index in [2.05, 4.69) is 35.3 Å². The number of nitrogens with zero attached hydrogens (tertiary/aromatic N) is 6. The number of hydrazone groups is 1. The predicted octanol–water partition coefficient (Wildman–Crippen LogP) is 1.17. The number of aryl methyl sites for hydroxylation is 1. The van der Waals surface area contributed by atoms with Crippen LogP contribution in [0, 0.1) is 6.92 Å². The summed E-state index contributed by atoms with van der Waals surface area (Å²) in [6, 6.07) is 8.30. The highest BCUT2D eigenvalue weighted by molar-refractivity contribution is 5.75. The van der Waals surface area contributed by atoms with Gasteiger partial charge in [-0.3, -0.25) is 10.3 Å². The van der Waals surface area contributed by atoms with Gasteiger partial charge in [0.1, 0.15) is 6.61 Å². The van der Waals surface area contributed by atoms with Crippen molar-refractivity contribution in [3.63, 3.8) is 0 Å². The van der Waals surface area contributed by atoms with Crippen LogP contribution in [-0.4, -0.2) is 91.8 Å². The van der Waals surface area contributed by atoms with E-state index in [9.17, 15) is 0 Å². The number of ether oxygens (including phenoxy) is 3. The molecule has 3 heterocycles. The zero-order valence-electron chi connectivity index (χ0n) is 17.9. The molecule has 10 nitrogen and oxygen atoms in total. The van der Waals surface area contributed by atoms with Crippen molar-refractivity contribution in [1.82, 2.24) is 19.9 Å². The van der Waals surface area contributed by atoms with Crippen molar-refractivity contribution in [3.05, 3.63) is 35.7 Å². The summed E-state index contributed by atoms with van der Waals surface area (Å²) >= 11 is 0. The van der Waals surface area contributed by atoms with Crippen LogP contribution in [-0.2, 0) is 9.47 Å². The summed E-state index contributed by atoms with van der Waals surface area (Å²) in [5.74, 6) is 1.02. The standard InChI is InChI=1S/C21H29N7O3/c1-17-3-2-4-18(15-17)26-22-16-19-23-20(28-8-12-30-13-9-28)25-21(24-19)31-14-7-27-5-10-29-11-6-27/h2-4,15-16,26H,5-14H2,1H3. The van der Waals surface area contributed by atoms with Gasteiger partial charge >= 0.3 is 6.01 Å². The fourth-order valence-corrected chi connectivity index (χ4v) is 3.36. The van der Waals surface area contributed by atoms with E-state index < -0.39 is 0 Å². The van der Waals surface area contributed by atoms with Crippen molar-refractivity contribution in [3.8, 4) is 6.01 Å². The Morgan fingerprint density at radius 2 is 1.84 bits per heavy atom. The van der Waals surface area contributed by atoms with Gasteiger partial charge in [-0.05, 0) is 24.6 Å². The second kappa shape index (κ2) is 11.0. The lowest BCUT2D eigenvalue weighted by Crippen LogP contribution is -2.39. The van der Waals surface area contributed by atoms with Gasteiger partial charge in [-0.1, -0.05) is 12.1 Å². The molecule has 2 saturated heterocycles. The molecule has 4 rings (SSSR count). The largest absolute Gasteiger partial charge is 0.462 e. The smallest absolute Gasteiger partial charge is 0.321 e. The quantitative estimate of drug-likeness (QED) is 0.492. The Morgan fingerprint density at radius 1 is 1.06 bits per heavy atom. The molecule has 2 aromatic rings. The Morgan fingerprint density at radius 3 is 2.61 bits per heavy atom. The van der Waals surface area contributed by atoms with Gasteiger partial charge in [0, 0.05) is 32.7 Å². The number of aromatic nitrogens is 3. The predicted molar refractivity (Wildman–Crippen MR) is 118 cm³/mol. The number of hydrogen-bond donors (Lipinski definition) is 1. The molecule has 10 heteroatoms. The molecule has 0 bridgehead atoms. The maximum atomic E-state index is 5.88. The molecule has 1 N–H and O–H groups in total. The maximum Gasteiger partial charge on any atom is 0.321 e. The Bertz CT molecular complexity index is 868. The zero-order valence-corrected chi connectivity index (χ0v) is 17.9. The minimum absolute atomic E-state index is 0.307. The van der Waals surface area contributed by atoms with Crippen LogP contribution in [0.5, 0.6) is 6.01 Å². The Labute approximate surface area is 182 Å². The van der Waals surface area contributed by atoms with Crippen LogP contribution in [0.25, 0.3) is 0 Å². The van der Waals surface area contributed by atoms with Gasteiger partial charge in [0.25, 0.3) is 0 Å². The van der Waals surface area contributed by atoms with Gasteiger partial charge in [0.15, 0.2) is 5.82 Å². The Balaban J connectivity index is 1.43. The first kappa shape index (κ1) is 21.4. The van der Waals surface area contributed by atoms with E-state index in [1.807, 2.05) is 31.2 Å². The summed E-state index contributed by atoms with van der Waals surface area (Å²) in [5.41, 5.74) is 5.08. The number of nitrogens with one attached hydrogen (secondary N) is 1. The highest BCUT2D eigenvalue weighted by Crippen LogP contribution is 2.14. The molecule has 0 aliphatic carbocycles. The van der Waals surface area contributed by atoms with Crippen LogP contribution < -0.4 is 15.1 Å². The highest BCUT2D eigenvalue weighted by Gasteiger charge is 2.17. The third-order valence-corrected chi connectivity index (χ3v) is 5.05. The van der Waals surface area contributed by atoms with Crippen LogP contribution in [0.15, 0.2) is 29.4 Å². The Hall–Kier alpha value is -2.82. The summed E-state index contributed by atoms with van der Waals surface area (Å²) in [5, 5.41) is 4.29. The van der Waals surface area contributed by atoms with Crippen molar-refractivity contribution < 1.29 is 14.2 Å². The van der Waals surface area contributed by atoms with E-state index in [-0.39, 0.29) is 0 Å². The summed E-state index contributed by atoms with van der Waals surface area (Å²) in [7, 11) is 0. The Kier molecular flexibility index (Phi) is 7.59. The van der Waals surface area contributed by atoms with Gasteiger partial charge in [-0.2, -0.15) is 20.1 Å². The molecular weight excluding hydrogens is 398 g/mol. The van der Waals surface area contributed by atoms with Gasteiger partial charge < -0.3 is 19.1 Å². The van der Waals surface area contributed by atoms with Gasteiger partial charge in [0.2, 0.25) is 5.95 Å². The van der Waals surface area contributed by atoms with Crippen molar-refractivity contribution >= 4 is 17.9 Å². The number of benzene rings is 1. The van der Waals surface area contributed by atoms with E-state index >= 15 is 0 Å². The molecule has 166 valence electrons. The zero-order chi connectivity index (χ0) is 21.3. The average Bonchev–Trinajstić information content (AvgIpc) is 2.80. The lowest BCUT2D eigenvalue weighted by molar-refractivity contribution is 0.0317. The topological polar surface area (TPSA) is 97.2 Å². The van der Waals surface area contributed by atoms with E-state index in [0.29, 0.717) is 37.6 Å². The molecule has 0 unspecified atom stereocenters. The minimum Gasteiger partial charge on any atom is -0.462 e. The molecule has 1 aromatic heterocycles.